The lowest BCUT2D eigenvalue weighted by Crippen LogP contribution is -2.51. The van der Waals surface area contributed by atoms with E-state index in [4.69, 9.17) is 0 Å². The highest BCUT2D eigenvalue weighted by molar-refractivity contribution is 4.94. The monoisotopic (exact) mass is 279 g/mol. The van der Waals surface area contributed by atoms with Gasteiger partial charge in [-0.25, -0.2) is 4.98 Å². The van der Waals surface area contributed by atoms with Gasteiger partial charge in [-0.3, -0.25) is 0 Å². The summed E-state index contributed by atoms with van der Waals surface area (Å²) in [6, 6.07) is 1.09. The quantitative estimate of drug-likeness (QED) is 0.855. The Morgan fingerprint density at radius 3 is 2.80 bits per heavy atom. The van der Waals surface area contributed by atoms with Crippen molar-refractivity contribution in [3.8, 4) is 0 Å². The number of imidazole rings is 1. The third kappa shape index (κ3) is 3.81. The van der Waals surface area contributed by atoms with Gasteiger partial charge in [0.15, 0.2) is 0 Å². The van der Waals surface area contributed by atoms with Crippen LogP contribution < -0.4 is 5.32 Å². The smallest absolute Gasteiger partial charge is 0.108 e. The van der Waals surface area contributed by atoms with E-state index in [0.29, 0.717) is 12.1 Å². The van der Waals surface area contributed by atoms with Crippen LogP contribution in [-0.4, -0.2) is 72.2 Å². The van der Waals surface area contributed by atoms with Gasteiger partial charge in [-0.15, -0.1) is 0 Å². The number of hydrogen-bond donors (Lipinski definition) is 1. The Kier molecular flexibility index (Phi) is 5.57. The van der Waals surface area contributed by atoms with Crippen LogP contribution in [0.4, 0.5) is 0 Å². The normalized spacial score (nSPS) is 23.7. The van der Waals surface area contributed by atoms with E-state index < -0.39 is 0 Å². The third-order valence-electron chi connectivity index (χ3n) is 4.55. The van der Waals surface area contributed by atoms with Crippen LogP contribution in [-0.2, 0) is 13.5 Å². The van der Waals surface area contributed by atoms with E-state index in [1.165, 1.54) is 25.3 Å². The molecule has 0 amide bonds. The molecular formula is C15H29N5. The molecule has 0 aromatic carbocycles. The second-order valence-electron chi connectivity index (χ2n) is 6.05. The number of hydrogen-bond acceptors (Lipinski definition) is 4. The Bertz CT molecular complexity index is 403. The number of aryl methyl sites for hydroxylation is 2. The number of rotatable bonds is 5. The van der Waals surface area contributed by atoms with Gasteiger partial charge in [0.25, 0.3) is 0 Å². The van der Waals surface area contributed by atoms with Crippen LogP contribution in [0.25, 0.3) is 0 Å². The van der Waals surface area contributed by atoms with Crippen LogP contribution >= 0.6 is 0 Å². The molecule has 1 aromatic heterocycles. The summed E-state index contributed by atoms with van der Waals surface area (Å²) in [4.78, 5) is 9.41. The van der Waals surface area contributed by atoms with Crippen LogP contribution in [0, 0.1) is 0 Å². The van der Waals surface area contributed by atoms with Crippen molar-refractivity contribution in [3.05, 3.63) is 18.2 Å². The molecule has 0 saturated carbocycles. The van der Waals surface area contributed by atoms with Crippen molar-refractivity contribution in [3.63, 3.8) is 0 Å². The Balaban J connectivity index is 1.97. The van der Waals surface area contributed by atoms with E-state index in [1.807, 2.05) is 12.4 Å². The van der Waals surface area contributed by atoms with E-state index in [9.17, 15) is 0 Å². The molecule has 0 spiro atoms. The molecule has 2 heterocycles. The summed E-state index contributed by atoms with van der Waals surface area (Å²) in [6.45, 7) is 3.54. The molecule has 0 radical (unpaired) electrons. The van der Waals surface area contributed by atoms with Crippen LogP contribution in [0.1, 0.15) is 18.7 Å². The van der Waals surface area contributed by atoms with Crippen molar-refractivity contribution < 1.29 is 0 Å². The summed E-state index contributed by atoms with van der Waals surface area (Å²) < 4.78 is 2.12. The van der Waals surface area contributed by atoms with Gasteiger partial charge in [-0.2, -0.15) is 0 Å². The number of likely N-dealkylation sites (N-methyl/N-ethyl adjacent to an activating group) is 3. The largest absolute Gasteiger partial charge is 0.338 e. The van der Waals surface area contributed by atoms with Crippen LogP contribution in [0.3, 0.4) is 0 Å². The highest BCUT2D eigenvalue weighted by atomic mass is 15.2. The SMILES string of the molecule is CNC(CCc1nccn1C)C1CN(C)CCCN1C. The van der Waals surface area contributed by atoms with Crippen molar-refractivity contribution in [2.75, 3.05) is 40.8 Å². The first kappa shape index (κ1) is 15.5. The molecule has 2 unspecified atom stereocenters. The second kappa shape index (κ2) is 7.20. The van der Waals surface area contributed by atoms with Gasteiger partial charge in [0.1, 0.15) is 5.82 Å². The topological polar surface area (TPSA) is 36.3 Å². The van der Waals surface area contributed by atoms with E-state index >= 15 is 0 Å². The molecule has 114 valence electrons. The lowest BCUT2D eigenvalue weighted by atomic mass is 10.0. The molecule has 20 heavy (non-hydrogen) atoms. The average Bonchev–Trinajstić information content (AvgIpc) is 2.75. The van der Waals surface area contributed by atoms with Crippen molar-refractivity contribution in [1.82, 2.24) is 24.7 Å². The predicted molar refractivity (Wildman–Crippen MR) is 82.9 cm³/mol. The summed E-state index contributed by atoms with van der Waals surface area (Å²) in [5.41, 5.74) is 0. The molecule has 0 aliphatic carbocycles. The van der Waals surface area contributed by atoms with Gasteiger partial charge >= 0.3 is 0 Å². The molecule has 5 heteroatoms. The molecule has 1 fully saturated rings. The zero-order valence-corrected chi connectivity index (χ0v) is 13.3. The molecular weight excluding hydrogens is 250 g/mol. The Morgan fingerprint density at radius 2 is 2.15 bits per heavy atom. The number of aromatic nitrogens is 2. The van der Waals surface area contributed by atoms with E-state index in [2.05, 4.69) is 52.9 Å². The maximum Gasteiger partial charge on any atom is 0.108 e. The minimum absolute atomic E-state index is 0.511. The summed E-state index contributed by atoms with van der Waals surface area (Å²) in [7, 11) is 8.65. The van der Waals surface area contributed by atoms with Crippen molar-refractivity contribution in [2.24, 2.45) is 7.05 Å². The minimum atomic E-state index is 0.511. The summed E-state index contributed by atoms with van der Waals surface area (Å²) >= 11 is 0. The fraction of sp³-hybridized carbons (Fsp3) is 0.800. The zero-order valence-electron chi connectivity index (χ0n) is 13.3. The highest BCUT2D eigenvalue weighted by Gasteiger charge is 2.27. The maximum absolute atomic E-state index is 4.43. The second-order valence-corrected chi connectivity index (χ2v) is 6.05. The van der Waals surface area contributed by atoms with Gasteiger partial charge in [0, 0.05) is 44.5 Å². The molecule has 2 rings (SSSR count). The lowest BCUT2D eigenvalue weighted by Gasteiger charge is -2.34. The first-order valence-corrected chi connectivity index (χ1v) is 7.64. The molecule has 1 saturated heterocycles. The summed E-state index contributed by atoms with van der Waals surface area (Å²) in [5, 5.41) is 3.53. The average molecular weight is 279 g/mol. The molecule has 1 aromatic rings. The Morgan fingerprint density at radius 1 is 1.35 bits per heavy atom. The minimum Gasteiger partial charge on any atom is -0.338 e. The van der Waals surface area contributed by atoms with Gasteiger partial charge in [0.05, 0.1) is 0 Å². The summed E-state index contributed by atoms with van der Waals surface area (Å²) in [6.07, 6.45) is 7.33. The number of nitrogens with one attached hydrogen (secondary N) is 1. The molecule has 5 nitrogen and oxygen atoms in total. The van der Waals surface area contributed by atoms with Crippen molar-refractivity contribution in [1.29, 1.82) is 0 Å². The fourth-order valence-electron chi connectivity index (χ4n) is 3.19. The first-order valence-electron chi connectivity index (χ1n) is 7.64. The summed E-state index contributed by atoms with van der Waals surface area (Å²) in [5.74, 6) is 1.18. The number of nitrogens with zero attached hydrogens (tertiary/aromatic N) is 4. The highest BCUT2D eigenvalue weighted by Crippen LogP contribution is 2.14. The van der Waals surface area contributed by atoms with Crippen molar-refractivity contribution in [2.45, 2.75) is 31.3 Å². The molecule has 1 aliphatic heterocycles. The molecule has 1 N–H and O–H groups in total. The van der Waals surface area contributed by atoms with Crippen LogP contribution in [0.5, 0.6) is 0 Å². The van der Waals surface area contributed by atoms with Crippen LogP contribution in [0.15, 0.2) is 12.4 Å². The van der Waals surface area contributed by atoms with E-state index in [-0.39, 0.29) is 0 Å². The van der Waals surface area contributed by atoms with Crippen molar-refractivity contribution >= 4 is 0 Å². The predicted octanol–water partition coefficient (Wildman–Crippen LogP) is 0.577. The van der Waals surface area contributed by atoms with Crippen LogP contribution in [0.2, 0.25) is 0 Å². The molecule has 0 bridgehead atoms. The third-order valence-corrected chi connectivity index (χ3v) is 4.55. The van der Waals surface area contributed by atoms with Gasteiger partial charge < -0.3 is 19.7 Å². The van der Waals surface area contributed by atoms with Gasteiger partial charge in [0.2, 0.25) is 0 Å². The fourth-order valence-corrected chi connectivity index (χ4v) is 3.19. The molecule has 2 atom stereocenters. The Labute approximate surface area is 123 Å². The van der Waals surface area contributed by atoms with E-state index in [0.717, 1.165) is 19.4 Å². The Hall–Kier alpha value is -0.910. The van der Waals surface area contributed by atoms with E-state index in [1.54, 1.807) is 0 Å². The first-order chi connectivity index (χ1) is 9.61. The lowest BCUT2D eigenvalue weighted by molar-refractivity contribution is 0.176. The standard InChI is InChI=1S/C15H29N5/c1-16-13(6-7-15-17-8-11-20(15)4)14-12-18(2)9-5-10-19(14)3/h8,11,13-14,16H,5-7,9-10,12H2,1-4H3. The molecule has 1 aliphatic rings. The van der Waals surface area contributed by atoms with Gasteiger partial charge in [-0.05, 0) is 47.1 Å². The zero-order chi connectivity index (χ0) is 14.5. The maximum atomic E-state index is 4.43. The van der Waals surface area contributed by atoms with Gasteiger partial charge in [-0.1, -0.05) is 0 Å².